The molecule has 7 heteroatoms. The number of H-pyrrole nitrogens is 1. The molecule has 1 atom stereocenters. The monoisotopic (exact) mass is 227 g/mol. The first kappa shape index (κ1) is 9.91. The molecule has 1 aromatic heterocycles. The summed E-state index contributed by atoms with van der Waals surface area (Å²) in [7, 11) is -3.08. The minimum absolute atomic E-state index is 0.00147. The number of hydrogen-bond donors (Lipinski definition) is 2. The lowest BCUT2D eigenvalue weighted by atomic mass is 10.3. The van der Waals surface area contributed by atoms with Gasteiger partial charge in [0.25, 0.3) is 5.56 Å². The summed E-state index contributed by atoms with van der Waals surface area (Å²) in [6, 6.07) is 0.961. The highest BCUT2D eigenvalue weighted by Gasteiger charge is 2.21. The molecule has 6 nitrogen and oxygen atoms in total. The van der Waals surface area contributed by atoms with Crippen molar-refractivity contribution in [2.75, 3.05) is 11.1 Å². The minimum atomic E-state index is -3.08. The van der Waals surface area contributed by atoms with Crippen LogP contribution in [0.4, 0.5) is 5.82 Å². The number of sulfone groups is 1. The van der Waals surface area contributed by atoms with Gasteiger partial charge in [0.1, 0.15) is 5.82 Å². The summed E-state index contributed by atoms with van der Waals surface area (Å²) in [6.07, 6.45) is 2.80. The van der Waals surface area contributed by atoms with Crippen molar-refractivity contribution in [3.8, 4) is 0 Å². The molecular formula is C8H9N3O3S. The average molecular weight is 227 g/mol. The minimum Gasteiger partial charge on any atom is -0.363 e. The van der Waals surface area contributed by atoms with Crippen LogP contribution in [0.5, 0.6) is 0 Å². The SMILES string of the molecule is O=c1cc(NC2C=CS(=O)(=O)C2)nc[nH]1. The summed E-state index contributed by atoms with van der Waals surface area (Å²) in [5.74, 6) is 0.368. The van der Waals surface area contributed by atoms with Crippen molar-refractivity contribution in [3.05, 3.63) is 34.2 Å². The summed E-state index contributed by atoms with van der Waals surface area (Å²) >= 11 is 0. The van der Waals surface area contributed by atoms with E-state index in [2.05, 4.69) is 15.3 Å². The van der Waals surface area contributed by atoms with Gasteiger partial charge in [-0.1, -0.05) is 0 Å². The highest BCUT2D eigenvalue weighted by Crippen LogP contribution is 2.11. The van der Waals surface area contributed by atoms with Gasteiger partial charge in [-0.05, 0) is 6.08 Å². The standard InChI is InChI=1S/C8H9N3O3S/c12-8-3-7(9-5-10-8)11-6-1-2-15(13,14)4-6/h1-3,5-6H,4H2,(H2,9,10,11,12). The molecule has 0 amide bonds. The van der Waals surface area contributed by atoms with Crippen LogP contribution >= 0.6 is 0 Å². The maximum absolute atomic E-state index is 11.1. The maximum atomic E-state index is 11.1. The van der Waals surface area contributed by atoms with Crippen molar-refractivity contribution >= 4 is 15.7 Å². The molecule has 0 aliphatic carbocycles. The molecule has 0 radical (unpaired) electrons. The van der Waals surface area contributed by atoms with Crippen LogP contribution in [0.25, 0.3) is 0 Å². The smallest absolute Gasteiger partial charge is 0.252 e. The van der Waals surface area contributed by atoms with Gasteiger partial charge in [0, 0.05) is 11.5 Å². The molecule has 0 saturated carbocycles. The molecule has 0 aromatic carbocycles. The number of aromatic amines is 1. The van der Waals surface area contributed by atoms with Crippen LogP contribution in [0.2, 0.25) is 0 Å². The fourth-order valence-corrected chi connectivity index (χ4v) is 2.54. The number of hydrogen-bond acceptors (Lipinski definition) is 5. The predicted molar refractivity (Wildman–Crippen MR) is 55.2 cm³/mol. The van der Waals surface area contributed by atoms with Gasteiger partial charge >= 0.3 is 0 Å². The van der Waals surface area contributed by atoms with Crippen molar-refractivity contribution in [1.82, 2.24) is 9.97 Å². The Kier molecular flexibility index (Phi) is 2.31. The fraction of sp³-hybridized carbons (Fsp3) is 0.250. The van der Waals surface area contributed by atoms with Crippen molar-refractivity contribution in [1.29, 1.82) is 0 Å². The maximum Gasteiger partial charge on any atom is 0.252 e. The number of aromatic nitrogens is 2. The molecule has 0 fully saturated rings. The van der Waals surface area contributed by atoms with Crippen LogP contribution in [0.15, 0.2) is 28.7 Å². The Hall–Kier alpha value is -1.63. The number of nitrogens with zero attached hydrogens (tertiary/aromatic N) is 1. The largest absolute Gasteiger partial charge is 0.363 e. The van der Waals surface area contributed by atoms with E-state index in [9.17, 15) is 13.2 Å². The summed E-state index contributed by atoms with van der Waals surface area (Å²) in [5, 5.41) is 4.00. The second-order valence-corrected chi connectivity index (χ2v) is 5.14. The van der Waals surface area contributed by atoms with E-state index in [1.807, 2.05) is 0 Å². The lowest BCUT2D eigenvalue weighted by Crippen LogP contribution is -2.22. The van der Waals surface area contributed by atoms with Crippen LogP contribution in [0.1, 0.15) is 0 Å². The Labute approximate surface area is 86.0 Å². The molecule has 15 heavy (non-hydrogen) atoms. The van der Waals surface area contributed by atoms with Gasteiger partial charge in [0.2, 0.25) is 0 Å². The summed E-state index contributed by atoms with van der Waals surface area (Å²) in [4.78, 5) is 17.1. The highest BCUT2D eigenvalue weighted by atomic mass is 32.2. The van der Waals surface area contributed by atoms with Crippen molar-refractivity contribution in [2.24, 2.45) is 0 Å². The van der Waals surface area contributed by atoms with Gasteiger partial charge in [0.15, 0.2) is 9.84 Å². The molecule has 1 aromatic rings. The van der Waals surface area contributed by atoms with E-state index in [-0.39, 0.29) is 17.4 Å². The van der Waals surface area contributed by atoms with Crippen LogP contribution in [0, 0.1) is 0 Å². The number of anilines is 1. The molecular weight excluding hydrogens is 218 g/mol. The second kappa shape index (κ2) is 3.50. The Morgan fingerprint density at radius 1 is 1.53 bits per heavy atom. The van der Waals surface area contributed by atoms with Crippen LogP contribution < -0.4 is 10.9 Å². The first-order chi connectivity index (χ1) is 7.05. The normalized spacial score (nSPS) is 22.8. The molecule has 1 aliphatic rings. The molecule has 0 bridgehead atoms. The second-order valence-electron chi connectivity index (χ2n) is 3.21. The first-order valence-electron chi connectivity index (χ1n) is 4.27. The third-order valence-corrected chi connectivity index (χ3v) is 3.34. The van der Waals surface area contributed by atoms with Gasteiger partial charge in [-0.25, -0.2) is 13.4 Å². The van der Waals surface area contributed by atoms with Gasteiger partial charge in [-0.15, -0.1) is 0 Å². The lowest BCUT2D eigenvalue weighted by molar-refractivity contribution is 0.605. The molecule has 80 valence electrons. The Bertz CT molecular complexity index is 546. The highest BCUT2D eigenvalue weighted by molar-refractivity contribution is 7.94. The molecule has 0 spiro atoms. The van der Waals surface area contributed by atoms with E-state index in [4.69, 9.17) is 0 Å². The zero-order valence-corrected chi connectivity index (χ0v) is 8.49. The fourth-order valence-electron chi connectivity index (χ4n) is 1.30. The molecule has 0 saturated heterocycles. The zero-order chi connectivity index (χ0) is 10.9. The van der Waals surface area contributed by atoms with Gasteiger partial charge < -0.3 is 10.3 Å². The number of nitrogens with one attached hydrogen (secondary N) is 2. The molecule has 2 heterocycles. The van der Waals surface area contributed by atoms with E-state index >= 15 is 0 Å². The molecule has 2 N–H and O–H groups in total. The van der Waals surface area contributed by atoms with E-state index in [0.29, 0.717) is 5.82 Å². The van der Waals surface area contributed by atoms with Gasteiger partial charge in [-0.3, -0.25) is 4.79 Å². The lowest BCUT2D eigenvalue weighted by Gasteiger charge is -2.09. The van der Waals surface area contributed by atoms with Gasteiger partial charge in [-0.2, -0.15) is 0 Å². The Balaban J connectivity index is 2.12. The molecule has 2 rings (SSSR count). The quantitative estimate of drug-likeness (QED) is 0.710. The van der Waals surface area contributed by atoms with E-state index < -0.39 is 9.84 Å². The molecule has 1 unspecified atom stereocenters. The van der Waals surface area contributed by atoms with E-state index in [1.165, 1.54) is 18.5 Å². The Morgan fingerprint density at radius 2 is 2.33 bits per heavy atom. The third-order valence-electron chi connectivity index (χ3n) is 1.94. The summed E-state index contributed by atoms with van der Waals surface area (Å²) < 4.78 is 22.2. The topological polar surface area (TPSA) is 91.9 Å². The van der Waals surface area contributed by atoms with Crippen LogP contribution in [-0.2, 0) is 9.84 Å². The summed E-state index contributed by atoms with van der Waals surface area (Å²) in [6.45, 7) is 0. The average Bonchev–Trinajstić information content (AvgIpc) is 2.45. The van der Waals surface area contributed by atoms with Crippen molar-refractivity contribution < 1.29 is 8.42 Å². The van der Waals surface area contributed by atoms with Crippen LogP contribution in [0.3, 0.4) is 0 Å². The zero-order valence-electron chi connectivity index (χ0n) is 7.67. The number of rotatable bonds is 2. The van der Waals surface area contributed by atoms with Gasteiger partial charge in [0.05, 0.1) is 18.1 Å². The molecule has 1 aliphatic heterocycles. The third kappa shape index (κ3) is 2.44. The predicted octanol–water partition coefficient (Wildman–Crippen LogP) is -0.508. The van der Waals surface area contributed by atoms with Crippen LogP contribution in [-0.4, -0.2) is 30.2 Å². The van der Waals surface area contributed by atoms with Crippen molar-refractivity contribution in [3.63, 3.8) is 0 Å². The van der Waals surface area contributed by atoms with E-state index in [0.717, 1.165) is 5.41 Å². The van der Waals surface area contributed by atoms with E-state index in [1.54, 1.807) is 0 Å². The first-order valence-corrected chi connectivity index (χ1v) is 5.99. The van der Waals surface area contributed by atoms with Crippen molar-refractivity contribution in [2.45, 2.75) is 6.04 Å². The summed E-state index contributed by atoms with van der Waals surface area (Å²) in [5.41, 5.74) is -0.280. The Morgan fingerprint density at radius 3 is 2.93 bits per heavy atom.